The van der Waals surface area contributed by atoms with Crippen LogP contribution in [0.5, 0.6) is 17.2 Å². The number of halogens is 1. The van der Waals surface area contributed by atoms with Crippen molar-refractivity contribution >= 4 is 17.5 Å². The van der Waals surface area contributed by atoms with Gasteiger partial charge in [0, 0.05) is 55.4 Å². The van der Waals surface area contributed by atoms with E-state index in [4.69, 9.17) is 33.7 Å². The van der Waals surface area contributed by atoms with Gasteiger partial charge in [-0.1, -0.05) is 78.7 Å². The van der Waals surface area contributed by atoms with Crippen LogP contribution >= 0.6 is 0 Å². The van der Waals surface area contributed by atoms with Gasteiger partial charge in [0.05, 0.1) is 43.0 Å². The lowest BCUT2D eigenvalue weighted by atomic mass is 9.55. The number of nitro groups is 1. The molecule has 0 saturated heterocycles. The van der Waals surface area contributed by atoms with E-state index in [1.807, 2.05) is 36.4 Å². The first-order chi connectivity index (χ1) is 33.2. The third-order valence-electron chi connectivity index (χ3n) is 12.8. The number of ether oxygens (including phenoxy) is 5. The van der Waals surface area contributed by atoms with E-state index in [2.05, 4.69) is 12.7 Å². The van der Waals surface area contributed by atoms with Crippen LogP contribution < -0.4 is 14.2 Å². The topological polar surface area (TPSA) is 192 Å². The molecular weight excluding hydrogens is 878 g/mol. The molecule has 1 fully saturated rings. The van der Waals surface area contributed by atoms with Gasteiger partial charge in [-0.25, -0.2) is 9.18 Å². The van der Waals surface area contributed by atoms with Crippen LogP contribution in [0, 0.1) is 33.7 Å². The van der Waals surface area contributed by atoms with E-state index in [-0.39, 0.29) is 94.9 Å². The lowest BCUT2D eigenvalue weighted by molar-refractivity contribution is -0.384. The molecule has 0 radical (unpaired) electrons. The molecule has 15 nitrogen and oxygen atoms in total. The fourth-order valence-electron chi connectivity index (χ4n) is 9.77. The molecule has 3 aliphatic rings. The van der Waals surface area contributed by atoms with Gasteiger partial charge in [-0.3, -0.25) is 15.0 Å². The number of non-ortho nitro benzene ring substituents is 1. The Morgan fingerprint density at radius 2 is 1.65 bits per heavy atom. The summed E-state index contributed by atoms with van der Waals surface area (Å²) in [5.41, 5.74) is 3.26. The molecule has 6 atom stereocenters. The number of amides is 1. The number of nitrogens with zero attached hydrogens (tertiary/aromatic N) is 3. The number of unbranched alkanes of at least 4 members (excludes halogenated alkanes) is 2. The van der Waals surface area contributed by atoms with E-state index >= 15 is 0 Å². The van der Waals surface area contributed by atoms with E-state index in [1.165, 1.54) is 35.2 Å². The molecule has 4 aromatic rings. The molecule has 1 saturated carbocycles. The van der Waals surface area contributed by atoms with Gasteiger partial charge in [-0.05, 0) is 85.1 Å². The number of aliphatic hydroxyl groups is 3. The van der Waals surface area contributed by atoms with Gasteiger partial charge in [0.1, 0.15) is 42.3 Å². The maximum absolute atomic E-state index is 14.8. The van der Waals surface area contributed by atoms with Crippen molar-refractivity contribution in [3.63, 3.8) is 0 Å². The zero-order chi connectivity index (χ0) is 47.9. The van der Waals surface area contributed by atoms with Crippen LogP contribution in [-0.2, 0) is 27.5 Å². The first-order valence-corrected chi connectivity index (χ1v) is 23.2. The molecular formula is C52H60FN3O12. The Kier molecular flexibility index (Phi) is 17.7. The minimum atomic E-state index is -1.65. The van der Waals surface area contributed by atoms with Crippen LogP contribution in [0.15, 0.2) is 127 Å². The molecule has 1 heterocycles. The predicted octanol–water partition coefficient (Wildman–Crippen LogP) is 8.66. The van der Waals surface area contributed by atoms with E-state index in [0.717, 1.165) is 29.5 Å². The SMILES string of the molecule is C=CCOC12Oc3ccc(OCc4ccccc4F)cc3C3C(CCCCO)C(CCCCO)C=C(C(=NOCc4ccccc4)CC1N(CCOCCO)C(=O)Oc1ccc([N+](=O)[O-])cc1)C32. The van der Waals surface area contributed by atoms with Crippen LogP contribution in [0.1, 0.15) is 67.6 Å². The van der Waals surface area contributed by atoms with Gasteiger partial charge in [0.2, 0.25) is 5.79 Å². The number of carbonyl (C=O) groups excluding carboxylic acids is 1. The molecule has 0 aromatic heterocycles. The van der Waals surface area contributed by atoms with Crippen LogP contribution in [0.4, 0.5) is 14.9 Å². The number of oxime groups is 1. The molecule has 362 valence electrons. The van der Waals surface area contributed by atoms with Crippen molar-refractivity contribution in [1.82, 2.24) is 4.90 Å². The van der Waals surface area contributed by atoms with E-state index in [9.17, 15) is 34.6 Å². The predicted molar refractivity (Wildman–Crippen MR) is 251 cm³/mol. The highest BCUT2D eigenvalue weighted by Crippen LogP contribution is 2.62. The Bertz CT molecular complexity index is 2370. The summed E-state index contributed by atoms with van der Waals surface area (Å²) in [5, 5.41) is 45.9. The molecule has 0 spiro atoms. The van der Waals surface area contributed by atoms with Crippen molar-refractivity contribution in [1.29, 1.82) is 0 Å². The summed E-state index contributed by atoms with van der Waals surface area (Å²) in [5.74, 6) is -2.22. The Balaban J connectivity index is 1.42. The van der Waals surface area contributed by atoms with Gasteiger partial charge in [0.15, 0.2) is 0 Å². The maximum atomic E-state index is 14.8. The number of hydrogen-bond donors (Lipinski definition) is 3. The third-order valence-corrected chi connectivity index (χ3v) is 12.8. The first kappa shape index (κ1) is 49.7. The summed E-state index contributed by atoms with van der Waals surface area (Å²) in [7, 11) is 0. The van der Waals surface area contributed by atoms with E-state index in [1.54, 1.807) is 36.4 Å². The van der Waals surface area contributed by atoms with Crippen molar-refractivity contribution in [2.24, 2.45) is 22.9 Å². The number of aliphatic hydroxyl groups excluding tert-OH is 3. The molecule has 68 heavy (non-hydrogen) atoms. The average Bonchev–Trinajstić information content (AvgIpc) is 3.35. The van der Waals surface area contributed by atoms with Crippen molar-refractivity contribution in [2.45, 2.75) is 75.9 Å². The minimum absolute atomic E-state index is 0.00398. The van der Waals surface area contributed by atoms with Gasteiger partial charge < -0.3 is 43.8 Å². The quantitative estimate of drug-likeness (QED) is 0.0248. The molecule has 16 heteroatoms. The zero-order valence-electron chi connectivity index (χ0n) is 38.0. The lowest BCUT2D eigenvalue weighted by Gasteiger charge is -2.59. The number of allylic oxidation sites excluding steroid dienone is 1. The summed E-state index contributed by atoms with van der Waals surface area (Å²) in [4.78, 5) is 33.4. The van der Waals surface area contributed by atoms with Crippen molar-refractivity contribution in [3.05, 3.63) is 154 Å². The summed E-state index contributed by atoms with van der Waals surface area (Å²) in [6.45, 7) is 3.85. The maximum Gasteiger partial charge on any atom is 0.415 e. The lowest BCUT2D eigenvalue weighted by Crippen LogP contribution is -2.70. The molecule has 0 bridgehead atoms. The fraction of sp³-hybridized carbons (Fsp3) is 0.423. The summed E-state index contributed by atoms with van der Waals surface area (Å²) >= 11 is 0. The summed E-state index contributed by atoms with van der Waals surface area (Å²) in [6, 6.07) is 25.7. The van der Waals surface area contributed by atoms with Crippen molar-refractivity contribution in [2.75, 3.05) is 46.2 Å². The molecule has 1 aliphatic heterocycles. The molecule has 7 rings (SSSR count). The second-order valence-corrected chi connectivity index (χ2v) is 17.1. The summed E-state index contributed by atoms with van der Waals surface area (Å²) < 4.78 is 47.2. The van der Waals surface area contributed by atoms with Crippen LogP contribution in [0.3, 0.4) is 0 Å². The highest BCUT2D eigenvalue weighted by Gasteiger charge is 2.65. The van der Waals surface area contributed by atoms with Crippen molar-refractivity contribution in [3.8, 4) is 17.2 Å². The number of benzene rings is 4. The van der Waals surface area contributed by atoms with Gasteiger partial charge >= 0.3 is 6.09 Å². The van der Waals surface area contributed by atoms with Crippen LogP contribution in [0.2, 0.25) is 0 Å². The number of hydrogen-bond acceptors (Lipinski definition) is 13. The Labute approximate surface area is 395 Å². The number of carbonyl (C=O) groups is 1. The van der Waals surface area contributed by atoms with E-state index < -0.39 is 34.7 Å². The fourth-order valence-corrected chi connectivity index (χ4v) is 9.77. The van der Waals surface area contributed by atoms with E-state index in [0.29, 0.717) is 48.5 Å². The largest absolute Gasteiger partial charge is 0.489 e. The second-order valence-electron chi connectivity index (χ2n) is 17.1. The smallest absolute Gasteiger partial charge is 0.415 e. The zero-order valence-corrected chi connectivity index (χ0v) is 38.0. The standard InChI is InChI=1S/C52H60FN3O12/c1-2-28-65-52-48(55(24-29-63-30-27-59)51(60)67-40-20-18-39(19-21-40)56(61)62)33-46(54-66-34-36-12-4-3-5-13-36)43-31-37(14-8-10-25-57)42(16-9-11-26-58)49(50(43)52)44-32-41(22-23-47(44)68-52)64-35-38-15-6-7-17-45(38)53/h2-7,12-13,15,17-23,31-32,37,42,48-50,57-59H,1,8-11,14,16,24-30,33-35H2. The molecule has 6 unspecified atom stereocenters. The molecule has 3 N–H and O–H groups in total. The van der Waals surface area contributed by atoms with Crippen LogP contribution in [0.25, 0.3) is 0 Å². The monoisotopic (exact) mass is 937 g/mol. The third kappa shape index (κ3) is 11.7. The number of fused-ring (bicyclic) bond motifs is 2. The molecule has 2 aliphatic carbocycles. The Morgan fingerprint density at radius 3 is 2.37 bits per heavy atom. The molecule has 4 aromatic carbocycles. The minimum Gasteiger partial charge on any atom is -0.489 e. The van der Waals surface area contributed by atoms with Gasteiger partial charge in [-0.15, -0.1) is 6.58 Å². The van der Waals surface area contributed by atoms with Gasteiger partial charge in [0.25, 0.3) is 5.69 Å². The molecule has 1 amide bonds. The number of rotatable bonds is 25. The highest BCUT2D eigenvalue weighted by atomic mass is 19.1. The summed E-state index contributed by atoms with van der Waals surface area (Å²) in [6.07, 6.45) is 7.09. The normalized spacial score (nSPS) is 22.0. The van der Waals surface area contributed by atoms with Crippen LogP contribution in [-0.4, -0.2) is 95.0 Å². The average molecular weight is 938 g/mol. The Morgan fingerprint density at radius 1 is 0.912 bits per heavy atom. The number of nitro benzene ring substituents is 1. The second kappa shape index (κ2) is 24.2. The first-order valence-electron chi connectivity index (χ1n) is 23.2. The highest BCUT2D eigenvalue weighted by molar-refractivity contribution is 6.03. The Hall–Kier alpha value is -6.17. The van der Waals surface area contributed by atoms with Crippen molar-refractivity contribution < 1.29 is 57.9 Å². The van der Waals surface area contributed by atoms with Gasteiger partial charge in [-0.2, -0.15) is 0 Å².